The van der Waals surface area contributed by atoms with Gasteiger partial charge in [-0.15, -0.1) is 0 Å². The van der Waals surface area contributed by atoms with Gasteiger partial charge in [0.25, 0.3) is 5.91 Å². The highest BCUT2D eigenvalue weighted by atomic mass is 19.1. The summed E-state index contributed by atoms with van der Waals surface area (Å²) < 4.78 is 13.0. The normalized spacial score (nSPS) is 29.5. The van der Waals surface area contributed by atoms with E-state index in [0.717, 1.165) is 0 Å². The minimum Gasteiger partial charge on any atom is -0.367 e. The lowest BCUT2D eigenvalue weighted by Gasteiger charge is -2.25. The second-order valence-electron chi connectivity index (χ2n) is 2.56. The Morgan fingerprint density at radius 1 is 1.83 bits per heavy atom. The smallest absolute Gasteiger partial charge is 0.252 e. The van der Waals surface area contributed by atoms with Gasteiger partial charge in [-0.2, -0.15) is 0 Å². The third-order valence-electron chi connectivity index (χ3n) is 1.79. The van der Waals surface area contributed by atoms with E-state index in [1.54, 1.807) is 0 Å². The van der Waals surface area contributed by atoms with Crippen molar-refractivity contribution in [1.82, 2.24) is 5.32 Å². The van der Waals surface area contributed by atoms with Crippen molar-refractivity contribution in [2.75, 3.05) is 0 Å². The van der Waals surface area contributed by atoms with Gasteiger partial charge < -0.3 is 11.1 Å². The first-order valence-electron chi connectivity index (χ1n) is 3.51. The number of primary amides is 1. The van der Waals surface area contributed by atoms with Gasteiger partial charge in [-0.3, -0.25) is 9.79 Å². The molecule has 0 aromatic heterocycles. The lowest BCUT2D eigenvalue weighted by molar-refractivity contribution is -0.123. The highest BCUT2D eigenvalue weighted by Gasteiger charge is 2.40. The summed E-state index contributed by atoms with van der Waals surface area (Å²) in [6.07, 6.45) is 2.58. The van der Waals surface area contributed by atoms with Crippen LogP contribution in [0.1, 0.15) is 6.92 Å². The molecule has 0 aromatic carbocycles. The summed E-state index contributed by atoms with van der Waals surface area (Å²) in [6, 6.07) is 0. The van der Waals surface area contributed by atoms with E-state index in [1.807, 2.05) is 0 Å². The molecule has 4 nitrogen and oxygen atoms in total. The predicted molar refractivity (Wildman–Crippen MR) is 43.3 cm³/mol. The van der Waals surface area contributed by atoms with Crippen molar-refractivity contribution in [3.8, 4) is 0 Å². The van der Waals surface area contributed by atoms with Crippen LogP contribution in [-0.4, -0.2) is 24.0 Å². The van der Waals surface area contributed by atoms with E-state index in [9.17, 15) is 9.18 Å². The van der Waals surface area contributed by atoms with Crippen LogP contribution in [0, 0.1) is 0 Å². The van der Waals surface area contributed by atoms with Crippen LogP contribution in [0.15, 0.2) is 17.3 Å². The number of hydrogen-bond donors (Lipinski definition) is 2. The van der Waals surface area contributed by atoms with E-state index in [4.69, 9.17) is 5.73 Å². The molecule has 0 bridgehead atoms. The zero-order valence-corrected chi connectivity index (χ0v) is 6.62. The second-order valence-corrected chi connectivity index (χ2v) is 2.56. The molecule has 0 aliphatic carbocycles. The first-order chi connectivity index (χ1) is 5.59. The maximum Gasteiger partial charge on any atom is 0.252 e. The monoisotopic (exact) mass is 171 g/mol. The lowest BCUT2D eigenvalue weighted by atomic mass is 9.94. The van der Waals surface area contributed by atoms with E-state index < -0.39 is 17.6 Å². The van der Waals surface area contributed by atoms with Gasteiger partial charge in [-0.1, -0.05) is 0 Å². The standard InChI is InChI=1S/C7H10FN3O/c1-5(8)7(6(9)12)2-3-10-4-11-7/h2-5H,1H3,(H2,9,12)(H,10,11). The molecule has 12 heavy (non-hydrogen) atoms. The Labute approximate surface area is 69.3 Å². The summed E-state index contributed by atoms with van der Waals surface area (Å²) in [6.45, 7) is 1.25. The van der Waals surface area contributed by atoms with Gasteiger partial charge in [0.15, 0.2) is 5.54 Å². The average Bonchev–Trinajstić information content (AvgIpc) is 2.05. The molecule has 0 saturated heterocycles. The van der Waals surface area contributed by atoms with Gasteiger partial charge in [0.1, 0.15) is 6.17 Å². The number of rotatable bonds is 2. The van der Waals surface area contributed by atoms with Gasteiger partial charge in [0, 0.05) is 6.20 Å². The summed E-state index contributed by atoms with van der Waals surface area (Å²) in [7, 11) is 0. The topological polar surface area (TPSA) is 67.5 Å². The summed E-state index contributed by atoms with van der Waals surface area (Å²) in [5.74, 6) is -0.786. The van der Waals surface area contributed by atoms with Gasteiger partial charge in [0.2, 0.25) is 0 Å². The largest absolute Gasteiger partial charge is 0.367 e. The number of aliphatic imine (C=N–C) groups is 1. The van der Waals surface area contributed by atoms with Crippen molar-refractivity contribution in [2.45, 2.75) is 18.6 Å². The number of carbonyl (C=O) groups excluding carboxylic acids is 1. The van der Waals surface area contributed by atoms with Crippen LogP contribution in [-0.2, 0) is 4.79 Å². The molecule has 0 saturated carbocycles. The quantitative estimate of drug-likeness (QED) is 0.599. The Bertz CT molecular complexity index is 235. The number of alkyl halides is 1. The predicted octanol–water partition coefficient (Wildman–Crippen LogP) is -0.286. The number of halogens is 1. The number of nitrogens with two attached hydrogens (primary N) is 1. The van der Waals surface area contributed by atoms with Crippen molar-refractivity contribution in [1.29, 1.82) is 0 Å². The van der Waals surface area contributed by atoms with Crippen LogP contribution in [0.5, 0.6) is 0 Å². The molecule has 2 atom stereocenters. The maximum atomic E-state index is 13.0. The molecule has 0 spiro atoms. The summed E-state index contributed by atoms with van der Waals surface area (Å²) in [4.78, 5) is 14.6. The van der Waals surface area contributed by atoms with Crippen molar-refractivity contribution in [3.05, 3.63) is 12.3 Å². The maximum absolute atomic E-state index is 13.0. The van der Waals surface area contributed by atoms with E-state index in [2.05, 4.69) is 10.3 Å². The first kappa shape index (κ1) is 8.70. The van der Waals surface area contributed by atoms with E-state index in [-0.39, 0.29) is 0 Å². The molecule has 0 aromatic rings. The van der Waals surface area contributed by atoms with Crippen LogP contribution in [0.25, 0.3) is 0 Å². The molecule has 1 amide bonds. The van der Waals surface area contributed by atoms with Gasteiger partial charge in [0.05, 0.1) is 6.34 Å². The fourth-order valence-corrected chi connectivity index (χ4v) is 0.982. The molecule has 1 aliphatic heterocycles. The number of nitrogens with one attached hydrogen (secondary N) is 1. The van der Waals surface area contributed by atoms with E-state index >= 15 is 0 Å². The number of hydrogen-bond acceptors (Lipinski definition) is 3. The molecule has 1 heterocycles. The Balaban J connectivity index is 3.01. The van der Waals surface area contributed by atoms with Crippen LogP contribution >= 0.6 is 0 Å². The fraction of sp³-hybridized carbons (Fsp3) is 0.429. The molecule has 0 fully saturated rings. The Hall–Kier alpha value is -1.39. The molecule has 1 aliphatic rings. The highest BCUT2D eigenvalue weighted by Crippen LogP contribution is 2.21. The van der Waals surface area contributed by atoms with Crippen molar-refractivity contribution in [3.63, 3.8) is 0 Å². The van der Waals surface area contributed by atoms with Crippen LogP contribution < -0.4 is 11.1 Å². The molecule has 2 unspecified atom stereocenters. The molecular formula is C7H10FN3O. The van der Waals surface area contributed by atoms with Crippen LogP contribution in [0.3, 0.4) is 0 Å². The summed E-state index contributed by atoms with van der Waals surface area (Å²) in [5.41, 5.74) is 3.51. The lowest BCUT2D eigenvalue weighted by Crippen LogP contribution is -2.49. The van der Waals surface area contributed by atoms with Crippen molar-refractivity contribution in [2.24, 2.45) is 10.7 Å². The third-order valence-corrected chi connectivity index (χ3v) is 1.79. The SMILES string of the molecule is CC(F)C1(C(N)=O)C=CNC=N1. The van der Waals surface area contributed by atoms with Crippen molar-refractivity contribution >= 4 is 12.2 Å². The Kier molecular flexibility index (Phi) is 2.12. The zero-order valence-electron chi connectivity index (χ0n) is 6.62. The van der Waals surface area contributed by atoms with E-state index in [0.29, 0.717) is 0 Å². The van der Waals surface area contributed by atoms with Crippen molar-refractivity contribution < 1.29 is 9.18 Å². The average molecular weight is 171 g/mol. The van der Waals surface area contributed by atoms with Crippen LogP contribution in [0.4, 0.5) is 4.39 Å². The third kappa shape index (κ3) is 1.17. The van der Waals surface area contributed by atoms with E-state index in [1.165, 1.54) is 25.5 Å². The minimum absolute atomic E-state index is 0.786. The van der Waals surface area contributed by atoms with Crippen LogP contribution in [0.2, 0.25) is 0 Å². The molecule has 1 rings (SSSR count). The van der Waals surface area contributed by atoms with Gasteiger partial charge in [-0.05, 0) is 13.0 Å². The number of nitrogens with zero attached hydrogens (tertiary/aromatic N) is 1. The molecule has 5 heteroatoms. The Morgan fingerprint density at radius 2 is 2.50 bits per heavy atom. The fourth-order valence-electron chi connectivity index (χ4n) is 0.982. The summed E-state index contributed by atoms with van der Waals surface area (Å²) >= 11 is 0. The Morgan fingerprint density at radius 3 is 2.75 bits per heavy atom. The summed E-state index contributed by atoms with van der Waals surface area (Å²) in [5, 5.41) is 2.60. The number of carbonyl (C=O) groups is 1. The second kappa shape index (κ2) is 2.92. The molecule has 0 radical (unpaired) electrons. The zero-order chi connectivity index (χ0) is 9.19. The first-order valence-corrected chi connectivity index (χ1v) is 3.51. The highest BCUT2D eigenvalue weighted by molar-refractivity contribution is 5.90. The molecule has 66 valence electrons. The molecular weight excluding hydrogens is 161 g/mol. The van der Waals surface area contributed by atoms with Gasteiger partial charge >= 0.3 is 0 Å². The minimum atomic E-state index is -1.52. The number of amides is 1. The molecule has 3 N–H and O–H groups in total. The van der Waals surface area contributed by atoms with Gasteiger partial charge in [-0.25, -0.2) is 4.39 Å².